The Balaban J connectivity index is 0.00000400. The zero-order valence-electron chi connectivity index (χ0n) is 11.3. The van der Waals surface area contributed by atoms with Gasteiger partial charge in [0.15, 0.2) is 0 Å². The maximum absolute atomic E-state index is 12.3. The molecule has 0 heterocycles. The molecule has 0 saturated carbocycles. The second kappa shape index (κ2) is 8.91. The van der Waals surface area contributed by atoms with Crippen LogP contribution in [-0.4, -0.2) is 39.7 Å². The molecule has 1 aromatic carbocycles. The first-order valence-corrected chi connectivity index (χ1v) is 7.55. The first kappa shape index (κ1) is 19.8. The number of amides is 1. The fourth-order valence-corrected chi connectivity index (χ4v) is 2.16. The van der Waals surface area contributed by atoms with Gasteiger partial charge in [0.05, 0.1) is 4.90 Å². The number of benzene rings is 1. The van der Waals surface area contributed by atoms with E-state index in [1.54, 1.807) is 0 Å². The normalized spacial score (nSPS) is 11.0. The molecule has 5 nitrogen and oxygen atoms in total. The summed E-state index contributed by atoms with van der Waals surface area (Å²) in [6, 6.07) is 4.41. The SMILES string of the molecule is CCNCCNC(=O)c1ccc(S(=O)(=O)C(F)F)cc1.Cl. The second-order valence-corrected chi connectivity index (χ2v) is 5.86. The molecule has 0 spiro atoms. The number of carbonyl (C=O) groups is 1. The van der Waals surface area contributed by atoms with Crippen molar-refractivity contribution in [1.29, 1.82) is 0 Å². The highest BCUT2D eigenvalue weighted by Gasteiger charge is 2.26. The van der Waals surface area contributed by atoms with E-state index >= 15 is 0 Å². The molecule has 0 aliphatic carbocycles. The van der Waals surface area contributed by atoms with Gasteiger partial charge in [-0.25, -0.2) is 8.42 Å². The standard InChI is InChI=1S/C12H16F2N2O3S.ClH/c1-2-15-7-8-16-11(17)9-3-5-10(6-4-9)20(18,19)12(13)14;/h3-6,12,15H,2,7-8H2,1H3,(H,16,17);1H. The Hall–Kier alpha value is -1.25. The molecule has 0 unspecified atom stereocenters. The predicted molar refractivity (Wildman–Crippen MR) is 77.8 cm³/mol. The summed E-state index contributed by atoms with van der Waals surface area (Å²) in [5.41, 5.74) is 0.217. The Morgan fingerprint density at radius 3 is 2.24 bits per heavy atom. The highest BCUT2D eigenvalue weighted by molar-refractivity contribution is 7.91. The van der Waals surface area contributed by atoms with Crippen LogP contribution in [0.4, 0.5) is 8.78 Å². The maximum atomic E-state index is 12.3. The summed E-state index contributed by atoms with van der Waals surface area (Å²) in [4.78, 5) is 11.2. The molecule has 2 N–H and O–H groups in total. The minimum Gasteiger partial charge on any atom is -0.351 e. The van der Waals surface area contributed by atoms with E-state index < -0.39 is 20.5 Å². The van der Waals surface area contributed by atoms with Gasteiger partial charge < -0.3 is 10.6 Å². The van der Waals surface area contributed by atoms with Crippen LogP contribution in [0.5, 0.6) is 0 Å². The van der Waals surface area contributed by atoms with E-state index in [9.17, 15) is 22.0 Å². The van der Waals surface area contributed by atoms with Crippen LogP contribution in [0, 0.1) is 0 Å². The summed E-state index contributed by atoms with van der Waals surface area (Å²) in [5, 5.41) is 5.63. The number of nitrogens with one attached hydrogen (secondary N) is 2. The highest BCUT2D eigenvalue weighted by Crippen LogP contribution is 2.18. The van der Waals surface area contributed by atoms with Crippen LogP contribution < -0.4 is 10.6 Å². The number of likely N-dealkylation sites (N-methyl/N-ethyl adjacent to an activating group) is 1. The van der Waals surface area contributed by atoms with E-state index in [1.165, 1.54) is 12.1 Å². The average Bonchev–Trinajstić information content (AvgIpc) is 2.43. The molecule has 0 saturated heterocycles. The van der Waals surface area contributed by atoms with Crippen molar-refractivity contribution in [3.8, 4) is 0 Å². The van der Waals surface area contributed by atoms with Gasteiger partial charge in [0.1, 0.15) is 0 Å². The molecule has 0 aliphatic heterocycles. The lowest BCUT2D eigenvalue weighted by Gasteiger charge is -2.07. The van der Waals surface area contributed by atoms with Gasteiger partial charge >= 0.3 is 5.76 Å². The second-order valence-electron chi connectivity index (χ2n) is 3.94. The van der Waals surface area contributed by atoms with Crippen LogP contribution in [0.1, 0.15) is 17.3 Å². The van der Waals surface area contributed by atoms with Gasteiger partial charge in [-0.2, -0.15) is 8.78 Å². The van der Waals surface area contributed by atoms with E-state index in [2.05, 4.69) is 10.6 Å². The van der Waals surface area contributed by atoms with Crippen molar-refractivity contribution >= 4 is 28.2 Å². The van der Waals surface area contributed by atoms with E-state index in [0.717, 1.165) is 18.7 Å². The van der Waals surface area contributed by atoms with Crippen LogP contribution in [0.25, 0.3) is 0 Å². The summed E-state index contributed by atoms with van der Waals surface area (Å²) in [6.07, 6.45) is 0. The van der Waals surface area contributed by atoms with Gasteiger partial charge in [-0.15, -0.1) is 12.4 Å². The first-order chi connectivity index (χ1) is 9.39. The van der Waals surface area contributed by atoms with Crippen molar-refractivity contribution < 1.29 is 22.0 Å². The molecule has 0 atom stereocenters. The molecule has 1 amide bonds. The van der Waals surface area contributed by atoms with Crippen molar-refractivity contribution in [2.24, 2.45) is 0 Å². The average molecular weight is 343 g/mol. The van der Waals surface area contributed by atoms with E-state index in [1.807, 2.05) is 6.92 Å². The summed E-state index contributed by atoms with van der Waals surface area (Å²) >= 11 is 0. The molecule has 1 rings (SSSR count). The van der Waals surface area contributed by atoms with Gasteiger partial charge in [0.2, 0.25) is 9.84 Å². The Bertz CT molecular complexity index is 550. The molecule has 0 aliphatic rings. The Labute approximate surface area is 128 Å². The minimum atomic E-state index is -4.62. The van der Waals surface area contributed by atoms with E-state index in [0.29, 0.717) is 13.1 Å². The Morgan fingerprint density at radius 1 is 1.19 bits per heavy atom. The van der Waals surface area contributed by atoms with Gasteiger partial charge in [0, 0.05) is 18.7 Å². The first-order valence-electron chi connectivity index (χ1n) is 6.00. The Kier molecular flexibility index (Phi) is 8.38. The molecular formula is C12H17ClF2N2O3S. The fraction of sp³-hybridized carbons (Fsp3) is 0.417. The van der Waals surface area contributed by atoms with Gasteiger partial charge in [-0.05, 0) is 30.8 Å². The third-order valence-corrected chi connectivity index (χ3v) is 3.92. The fourth-order valence-electron chi connectivity index (χ4n) is 1.44. The van der Waals surface area contributed by atoms with Crippen LogP contribution in [0.15, 0.2) is 29.2 Å². The lowest BCUT2D eigenvalue weighted by molar-refractivity contribution is 0.0954. The monoisotopic (exact) mass is 342 g/mol. The van der Waals surface area contributed by atoms with Crippen molar-refractivity contribution in [2.75, 3.05) is 19.6 Å². The third-order valence-electron chi connectivity index (χ3n) is 2.52. The zero-order valence-corrected chi connectivity index (χ0v) is 12.9. The van der Waals surface area contributed by atoms with Crippen molar-refractivity contribution in [3.63, 3.8) is 0 Å². The van der Waals surface area contributed by atoms with Gasteiger partial charge in [-0.1, -0.05) is 6.92 Å². The minimum absolute atomic E-state index is 0. The topological polar surface area (TPSA) is 75.3 Å². The van der Waals surface area contributed by atoms with Crippen LogP contribution >= 0.6 is 12.4 Å². The van der Waals surface area contributed by atoms with Crippen molar-refractivity contribution in [1.82, 2.24) is 10.6 Å². The molecular weight excluding hydrogens is 326 g/mol. The lowest BCUT2D eigenvalue weighted by Crippen LogP contribution is -2.31. The summed E-state index contributed by atoms with van der Waals surface area (Å²) < 4.78 is 47.0. The Morgan fingerprint density at radius 2 is 1.76 bits per heavy atom. The van der Waals surface area contributed by atoms with Crippen LogP contribution in [0.2, 0.25) is 0 Å². The number of rotatable bonds is 7. The quantitative estimate of drug-likeness (QED) is 0.735. The van der Waals surface area contributed by atoms with Gasteiger partial charge in [0.25, 0.3) is 5.91 Å². The number of alkyl halides is 2. The van der Waals surface area contributed by atoms with Crippen molar-refractivity contribution in [3.05, 3.63) is 29.8 Å². The molecule has 21 heavy (non-hydrogen) atoms. The van der Waals surface area contributed by atoms with E-state index in [-0.39, 0.29) is 23.9 Å². The molecule has 0 fully saturated rings. The molecule has 0 aromatic heterocycles. The number of sulfone groups is 1. The largest absolute Gasteiger partial charge is 0.351 e. The van der Waals surface area contributed by atoms with E-state index in [4.69, 9.17) is 0 Å². The number of hydrogen-bond acceptors (Lipinski definition) is 4. The predicted octanol–water partition coefficient (Wildman–Crippen LogP) is 1.44. The lowest BCUT2D eigenvalue weighted by atomic mass is 10.2. The van der Waals surface area contributed by atoms with Crippen LogP contribution in [-0.2, 0) is 9.84 Å². The molecule has 9 heteroatoms. The zero-order chi connectivity index (χ0) is 15.2. The number of hydrogen-bond donors (Lipinski definition) is 2. The maximum Gasteiger partial charge on any atom is 0.341 e. The summed E-state index contributed by atoms with van der Waals surface area (Å²) in [7, 11) is -4.62. The van der Waals surface area contributed by atoms with Crippen molar-refractivity contribution in [2.45, 2.75) is 17.6 Å². The van der Waals surface area contributed by atoms with Gasteiger partial charge in [-0.3, -0.25) is 4.79 Å². The summed E-state index contributed by atoms with van der Waals surface area (Å²) in [5.74, 6) is -3.86. The van der Waals surface area contributed by atoms with Crippen LogP contribution in [0.3, 0.4) is 0 Å². The number of carbonyl (C=O) groups excluding carboxylic acids is 1. The third kappa shape index (κ3) is 5.56. The number of halogens is 3. The molecule has 0 bridgehead atoms. The highest BCUT2D eigenvalue weighted by atomic mass is 35.5. The molecule has 0 radical (unpaired) electrons. The smallest absolute Gasteiger partial charge is 0.341 e. The summed E-state index contributed by atoms with van der Waals surface area (Å²) in [6.45, 7) is 3.75. The molecule has 120 valence electrons. The molecule has 1 aromatic rings.